The topological polar surface area (TPSA) is 83.4 Å². The number of nitrogens with zero attached hydrogens (tertiary/aromatic N) is 5. The lowest BCUT2D eigenvalue weighted by atomic mass is 10.1. The van der Waals surface area contributed by atoms with Crippen molar-refractivity contribution in [1.82, 2.24) is 24.6 Å². The smallest absolute Gasteiger partial charge is 0.276 e. The van der Waals surface area contributed by atoms with E-state index < -0.39 is 0 Å². The molecular weight excluding hydrogens is 460 g/mol. The highest BCUT2D eigenvalue weighted by molar-refractivity contribution is 7.22. The number of aromatic nitrogens is 3. The van der Waals surface area contributed by atoms with E-state index in [0.717, 1.165) is 36.2 Å². The molecule has 2 aliphatic rings. The number of amides is 2. The summed E-state index contributed by atoms with van der Waals surface area (Å²) in [5.74, 6) is -0.253. The van der Waals surface area contributed by atoms with Gasteiger partial charge >= 0.3 is 0 Å². The molecule has 9 heteroatoms. The summed E-state index contributed by atoms with van der Waals surface area (Å²) in [5.41, 5.74) is 2.38. The van der Waals surface area contributed by atoms with Crippen LogP contribution in [0.15, 0.2) is 24.3 Å². The van der Waals surface area contributed by atoms with Crippen molar-refractivity contribution in [3.05, 3.63) is 41.1 Å². The van der Waals surface area contributed by atoms with Crippen molar-refractivity contribution >= 4 is 38.6 Å². The average molecular weight is 495 g/mol. The van der Waals surface area contributed by atoms with Gasteiger partial charge in [-0.15, -0.1) is 0 Å². The number of nitrogens with one attached hydrogen (secondary N) is 1. The first kappa shape index (κ1) is 23.9. The normalized spacial score (nSPS) is 18.6. The number of carbonyl (C=O) groups excluding carboxylic acids is 2. The Balaban J connectivity index is 1.44. The van der Waals surface area contributed by atoms with E-state index in [2.05, 4.69) is 17.3 Å². The minimum absolute atomic E-state index is 0.0373. The molecule has 35 heavy (non-hydrogen) atoms. The molecule has 1 N–H and O–H groups in total. The van der Waals surface area contributed by atoms with Crippen molar-refractivity contribution in [3.63, 3.8) is 0 Å². The third-order valence-electron chi connectivity index (χ3n) is 6.90. The largest absolute Gasteiger partial charge is 0.333 e. The number of fused-ring (bicyclic) bond motifs is 1. The maximum atomic E-state index is 13.8. The monoisotopic (exact) mass is 494 g/mol. The molecule has 0 radical (unpaired) electrons. The summed E-state index contributed by atoms with van der Waals surface area (Å²) in [7, 11) is 2.16. The summed E-state index contributed by atoms with van der Waals surface area (Å²) in [6.45, 7) is 9.77. The molecule has 2 aromatic heterocycles. The van der Waals surface area contributed by atoms with Crippen molar-refractivity contribution in [2.75, 3.05) is 25.5 Å². The lowest BCUT2D eigenvalue weighted by molar-refractivity contribution is 0.0701. The molecule has 0 unspecified atom stereocenters. The lowest BCUT2D eigenvalue weighted by Gasteiger charge is -2.28. The van der Waals surface area contributed by atoms with Crippen LogP contribution in [0.3, 0.4) is 0 Å². The van der Waals surface area contributed by atoms with Gasteiger partial charge in [-0.1, -0.05) is 29.0 Å². The van der Waals surface area contributed by atoms with Gasteiger partial charge in [0, 0.05) is 30.7 Å². The van der Waals surface area contributed by atoms with Crippen molar-refractivity contribution in [2.24, 2.45) is 0 Å². The Morgan fingerprint density at radius 3 is 2.54 bits per heavy atom. The maximum absolute atomic E-state index is 13.8. The van der Waals surface area contributed by atoms with Crippen molar-refractivity contribution in [2.45, 2.75) is 71.0 Å². The van der Waals surface area contributed by atoms with Crippen LogP contribution < -0.4 is 5.32 Å². The lowest BCUT2D eigenvalue weighted by Crippen LogP contribution is -2.43. The van der Waals surface area contributed by atoms with Crippen LogP contribution in [0.4, 0.5) is 5.13 Å². The zero-order valence-corrected chi connectivity index (χ0v) is 22.0. The van der Waals surface area contributed by atoms with Gasteiger partial charge in [-0.2, -0.15) is 10.1 Å². The van der Waals surface area contributed by atoms with Gasteiger partial charge in [0.15, 0.2) is 16.5 Å². The van der Waals surface area contributed by atoms with E-state index in [1.807, 2.05) is 49.4 Å². The zero-order valence-electron chi connectivity index (χ0n) is 21.2. The van der Waals surface area contributed by atoms with Gasteiger partial charge in [0.05, 0.1) is 5.54 Å². The molecule has 5 rings (SSSR count). The minimum atomic E-state index is -0.361. The molecule has 1 aliphatic carbocycles. The van der Waals surface area contributed by atoms with E-state index in [9.17, 15) is 9.59 Å². The fourth-order valence-corrected chi connectivity index (χ4v) is 5.68. The Morgan fingerprint density at radius 2 is 1.89 bits per heavy atom. The van der Waals surface area contributed by atoms with Crippen LogP contribution in [0.5, 0.6) is 0 Å². The Bertz CT molecular complexity index is 1250. The van der Waals surface area contributed by atoms with Gasteiger partial charge in [-0.3, -0.25) is 14.9 Å². The number of rotatable bonds is 6. The fraction of sp³-hybridized carbons (Fsp3) is 0.538. The molecule has 3 heterocycles. The minimum Gasteiger partial charge on any atom is -0.333 e. The number of thiazole rings is 1. The number of hydrogen-bond acceptors (Lipinski definition) is 6. The third kappa shape index (κ3) is 4.84. The molecule has 1 aromatic carbocycles. The van der Waals surface area contributed by atoms with Gasteiger partial charge in [-0.05, 0) is 72.6 Å². The molecule has 1 saturated heterocycles. The highest BCUT2D eigenvalue weighted by Gasteiger charge is 2.37. The van der Waals surface area contributed by atoms with Crippen LogP contribution in [-0.2, 0) is 5.54 Å². The maximum Gasteiger partial charge on any atom is 0.276 e. The second-order valence-corrected chi connectivity index (χ2v) is 11.9. The number of likely N-dealkylation sites (N-methyl/N-ethyl adjacent to an activating group) is 1. The van der Waals surface area contributed by atoms with Crippen LogP contribution in [0.1, 0.15) is 72.9 Å². The number of hydrogen-bond donors (Lipinski definition) is 1. The van der Waals surface area contributed by atoms with E-state index in [4.69, 9.17) is 10.1 Å². The van der Waals surface area contributed by atoms with Crippen molar-refractivity contribution in [1.29, 1.82) is 0 Å². The summed E-state index contributed by atoms with van der Waals surface area (Å²) >= 11 is 1.32. The molecule has 8 nitrogen and oxygen atoms in total. The second kappa shape index (κ2) is 9.02. The fourth-order valence-electron chi connectivity index (χ4n) is 4.76. The standard InChI is InChI=1S/C26H34N6O2S/c1-16-8-10-17(11-9-16)23(33)28-25-27-22-21(35-25)20(29-32(22)26(2,3)4)24(34)31-14-6-7-19(31)15-30(5)18-12-13-18/h8-11,18-19H,6-7,12-15H2,1-5H3,(H,27,28,33)/t19-/m0/s1. The Kier molecular flexibility index (Phi) is 6.17. The van der Waals surface area contributed by atoms with Crippen LogP contribution in [-0.4, -0.2) is 68.6 Å². The SMILES string of the molecule is Cc1ccc(C(=O)Nc2nc3c(s2)c(C(=O)N2CCC[C@H]2CN(C)C2CC2)nn3C(C)(C)C)cc1. The molecule has 186 valence electrons. The highest BCUT2D eigenvalue weighted by Crippen LogP contribution is 2.34. The molecule has 1 saturated carbocycles. The summed E-state index contributed by atoms with van der Waals surface area (Å²) in [6.07, 6.45) is 4.54. The van der Waals surface area contributed by atoms with E-state index in [0.29, 0.717) is 28.1 Å². The van der Waals surface area contributed by atoms with Crippen molar-refractivity contribution < 1.29 is 9.59 Å². The Hall–Kier alpha value is -2.78. The Labute approximate surface area is 210 Å². The third-order valence-corrected chi connectivity index (χ3v) is 7.87. The number of aryl methyl sites for hydroxylation is 1. The molecule has 1 atom stereocenters. The highest BCUT2D eigenvalue weighted by atomic mass is 32.1. The molecule has 1 aliphatic heterocycles. The van der Waals surface area contributed by atoms with Crippen LogP contribution in [0.2, 0.25) is 0 Å². The van der Waals surface area contributed by atoms with Gasteiger partial charge in [0.1, 0.15) is 4.70 Å². The molecule has 0 spiro atoms. The zero-order chi connectivity index (χ0) is 24.9. The molecule has 3 aromatic rings. The molecule has 2 fully saturated rings. The quantitative estimate of drug-likeness (QED) is 0.545. The van der Waals surface area contributed by atoms with E-state index in [-0.39, 0.29) is 23.4 Å². The van der Waals surface area contributed by atoms with Crippen LogP contribution >= 0.6 is 11.3 Å². The summed E-state index contributed by atoms with van der Waals surface area (Å²) in [5, 5.41) is 8.15. The predicted octanol–water partition coefficient (Wildman–Crippen LogP) is 4.51. The van der Waals surface area contributed by atoms with E-state index >= 15 is 0 Å². The van der Waals surface area contributed by atoms with E-state index in [1.54, 1.807) is 12.1 Å². The predicted molar refractivity (Wildman–Crippen MR) is 139 cm³/mol. The summed E-state index contributed by atoms with van der Waals surface area (Å²) < 4.78 is 2.54. The first-order valence-corrected chi connectivity index (χ1v) is 13.2. The number of likely N-dealkylation sites (tertiary alicyclic amines) is 1. The summed E-state index contributed by atoms with van der Waals surface area (Å²) in [6, 6.07) is 8.30. The van der Waals surface area contributed by atoms with Crippen LogP contribution in [0.25, 0.3) is 10.3 Å². The van der Waals surface area contributed by atoms with Gasteiger partial charge in [0.25, 0.3) is 11.8 Å². The Morgan fingerprint density at radius 1 is 1.17 bits per heavy atom. The van der Waals surface area contributed by atoms with Gasteiger partial charge < -0.3 is 9.80 Å². The number of anilines is 1. The molecule has 2 amide bonds. The molecular formula is C26H34N6O2S. The van der Waals surface area contributed by atoms with Gasteiger partial charge in [-0.25, -0.2) is 4.68 Å². The van der Waals surface area contributed by atoms with Crippen LogP contribution in [0, 0.1) is 6.92 Å². The number of carbonyl (C=O) groups is 2. The second-order valence-electron chi connectivity index (χ2n) is 10.9. The first-order valence-electron chi connectivity index (χ1n) is 12.4. The van der Waals surface area contributed by atoms with Crippen molar-refractivity contribution in [3.8, 4) is 0 Å². The molecule has 0 bridgehead atoms. The van der Waals surface area contributed by atoms with E-state index in [1.165, 1.54) is 24.2 Å². The first-order chi connectivity index (χ1) is 16.6. The number of benzene rings is 1. The summed E-state index contributed by atoms with van der Waals surface area (Å²) in [4.78, 5) is 35.7. The average Bonchev–Trinajstić information content (AvgIpc) is 3.26. The van der Waals surface area contributed by atoms with Gasteiger partial charge in [0.2, 0.25) is 0 Å².